The number of nitrogens with zero attached hydrogens (tertiary/aromatic N) is 2. The van der Waals surface area contributed by atoms with Gasteiger partial charge in [0.2, 0.25) is 11.8 Å². The zero-order valence-electron chi connectivity index (χ0n) is 19.0. The Labute approximate surface area is 196 Å². The van der Waals surface area contributed by atoms with Crippen LogP contribution in [0.3, 0.4) is 0 Å². The number of carbonyl (C=O) groups excluding carboxylic acids is 2. The highest BCUT2D eigenvalue weighted by Gasteiger charge is 2.43. The third kappa shape index (κ3) is 5.15. The second-order valence-corrected chi connectivity index (χ2v) is 9.53. The van der Waals surface area contributed by atoms with Crippen LogP contribution < -0.4 is 4.90 Å². The van der Waals surface area contributed by atoms with Crippen LogP contribution in [0.25, 0.3) is 0 Å². The molecule has 1 aromatic carbocycles. The third-order valence-corrected chi connectivity index (χ3v) is 5.85. The highest BCUT2D eigenvalue weighted by atomic mass is 79.9. The van der Waals surface area contributed by atoms with Crippen molar-refractivity contribution >= 4 is 33.8 Å². The van der Waals surface area contributed by atoms with Crippen molar-refractivity contribution in [3.05, 3.63) is 45.9 Å². The first kappa shape index (κ1) is 24.3. The lowest BCUT2D eigenvalue weighted by Gasteiger charge is -2.29. The fourth-order valence-corrected chi connectivity index (χ4v) is 4.15. The van der Waals surface area contributed by atoms with Crippen molar-refractivity contribution < 1.29 is 28.2 Å². The summed E-state index contributed by atoms with van der Waals surface area (Å²) < 4.78 is 22.5. The van der Waals surface area contributed by atoms with Crippen LogP contribution in [0.5, 0.6) is 0 Å². The summed E-state index contributed by atoms with van der Waals surface area (Å²) >= 11 is 3.47. The monoisotopic (exact) mass is 508 g/mol. The van der Waals surface area contributed by atoms with Crippen molar-refractivity contribution in [1.29, 1.82) is 0 Å². The largest absolute Gasteiger partial charge is 0.468 e. The van der Waals surface area contributed by atoms with E-state index in [1.165, 1.54) is 14.2 Å². The molecule has 2 aromatic rings. The molecule has 0 amide bonds. The molecular formula is C23H29BrN2O6. The predicted molar refractivity (Wildman–Crippen MR) is 122 cm³/mol. The maximum absolute atomic E-state index is 12.7. The van der Waals surface area contributed by atoms with Gasteiger partial charge in [0.1, 0.15) is 5.69 Å². The van der Waals surface area contributed by atoms with E-state index in [0.717, 1.165) is 10.2 Å². The lowest BCUT2D eigenvalue weighted by atomic mass is 9.85. The fourth-order valence-electron chi connectivity index (χ4n) is 3.73. The van der Waals surface area contributed by atoms with Gasteiger partial charge in [0.15, 0.2) is 5.92 Å². The SMILES string of the molecule is COC(=O)C(C(=O)OC)C(c1cccc(Br)c1)c1nc(C(C)(C)C)c(N2CCOCC2)o1. The normalized spacial score (nSPS) is 15.5. The van der Waals surface area contributed by atoms with E-state index in [1.54, 1.807) is 0 Å². The van der Waals surface area contributed by atoms with Gasteiger partial charge in [-0.15, -0.1) is 0 Å². The molecule has 2 heterocycles. The first-order valence-corrected chi connectivity index (χ1v) is 11.2. The van der Waals surface area contributed by atoms with Crippen molar-refractivity contribution in [1.82, 2.24) is 4.98 Å². The topological polar surface area (TPSA) is 91.1 Å². The third-order valence-electron chi connectivity index (χ3n) is 5.35. The summed E-state index contributed by atoms with van der Waals surface area (Å²) in [4.78, 5) is 32.4. The molecule has 0 spiro atoms. The quantitative estimate of drug-likeness (QED) is 0.431. The van der Waals surface area contributed by atoms with Gasteiger partial charge < -0.3 is 23.5 Å². The summed E-state index contributed by atoms with van der Waals surface area (Å²) in [6, 6.07) is 7.35. The van der Waals surface area contributed by atoms with E-state index in [0.29, 0.717) is 37.8 Å². The molecule has 8 nitrogen and oxygen atoms in total. The van der Waals surface area contributed by atoms with Crippen molar-refractivity contribution in [2.24, 2.45) is 5.92 Å². The van der Waals surface area contributed by atoms with Gasteiger partial charge >= 0.3 is 11.9 Å². The number of morpholine rings is 1. The number of carbonyl (C=O) groups is 2. The molecular weight excluding hydrogens is 480 g/mol. The van der Waals surface area contributed by atoms with Crippen molar-refractivity contribution in [2.75, 3.05) is 45.4 Å². The van der Waals surface area contributed by atoms with E-state index >= 15 is 0 Å². The summed E-state index contributed by atoms with van der Waals surface area (Å²) in [5.74, 6) is -2.65. The molecule has 0 saturated carbocycles. The molecule has 0 bridgehead atoms. The number of rotatable bonds is 6. The highest BCUT2D eigenvalue weighted by molar-refractivity contribution is 9.10. The van der Waals surface area contributed by atoms with E-state index in [9.17, 15) is 9.59 Å². The Hall–Kier alpha value is -2.39. The summed E-state index contributed by atoms with van der Waals surface area (Å²) in [5.41, 5.74) is 1.10. The van der Waals surface area contributed by atoms with Crippen LogP contribution in [0, 0.1) is 5.92 Å². The standard InChI is InChI=1S/C23H29BrN2O6/c1-23(2,3)18-20(26-9-11-31-12-10-26)32-19(25-18)16(14-7-6-8-15(24)13-14)17(21(27)29-4)22(28)30-5/h6-8,13,16-17H,9-12H2,1-5H3. The first-order chi connectivity index (χ1) is 15.2. The number of esters is 2. The van der Waals surface area contributed by atoms with E-state index in [-0.39, 0.29) is 11.3 Å². The first-order valence-electron chi connectivity index (χ1n) is 10.4. The Balaban J connectivity index is 2.21. The van der Waals surface area contributed by atoms with Crippen LogP contribution in [0.4, 0.5) is 5.88 Å². The van der Waals surface area contributed by atoms with Gasteiger partial charge in [-0.2, -0.15) is 0 Å². The Kier molecular flexibility index (Phi) is 7.61. The van der Waals surface area contributed by atoms with Gasteiger partial charge in [0.25, 0.3) is 0 Å². The van der Waals surface area contributed by atoms with Gasteiger partial charge in [-0.05, 0) is 17.7 Å². The maximum atomic E-state index is 12.7. The second kappa shape index (κ2) is 10.0. The molecule has 0 aliphatic carbocycles. The molecule has 0 radical (unpaired) electrons. The molecule has 174 valence electrons. The van der Waals surface area contributed by atoms with Crippen LogP contribution >= 0.6 is 15.9 Å². The lowest BCUT2D eigenvalue weighted by molar-refractivity contribution is -0.159. The Morgan fingerprint density at radius 2 is 1.75 bits per heavy atom. The number of halogens is 1. The van der Waals surface area contributed by atoms with Gasteiger partial charge in [-0.3, -0.25) is 9.59 Å². The molecule has 1 aromatic heterocycles. The van der Waals surface area contributed by atoms with E-state index in [4.69, 9.17) is 23.6 Å². The van der Waals surface area contributed by atoms with Crippen molar-refractivity contribution in [3.8, 4) is 0 Å². The maximum Gasteiger partial charge on any atom is 0.321 e. The predicted octanol–water partition coefficient (Wildman–Crippen LogP) is 3.67. The average molecular weight is 509 g/mol. The van der Waals surface area contributed by atoms with Crippen LogP contribution in [-0.2, 0) is 29.2 Å². The van der Waals surface area contributed by atoms with Gasteiger partial charge in [0, 0.05) is 23.0 Å². The number of benzene rings is 1. The number of anilines is 1. The minimum absolute atomic E-state index is 0.260. The van der Waals surface area contributed by atoms with Gasteiger partial charge in [0.05, 0.1) is 33.4 Å². The number of hydrogen-bond donors (Lipinski definition) is 0. The number of hydrogen-bond acceptors (Lipinski definition) is 8. The summed E-state index contributed by atoms with van der Waals surface area (Å²) in [6.45, 7) is 8.64. The zero-order chi connectivity index (χ0) is 23.5. The molecule has 1 fully saturated rings. The number of methoxy groups -OCH3 is 2. The zero-order valence-corrected chi connectivity index (χ0v) is 20.6. The van der Waals surface area contributed by atoms with Gasteiger partial charge in [-0.25, -0.2) is 4.98 Å². The van der Waals surface area contributed by atoms with E-state index in [1.807, 2.05) is 45.0 Å². The average Bonchev–Trinajstić information content (AvgIpc) is 3.22. The highest BCUT2D eigenvalue weighted by Crippen LogP contribution is 2.40. The number of oxazole rings is 1. The Bertz CT molecular complexity index is 946. The van der Waals surface area contributed by atoms with Crippen LogP contribution in [0.15, 0.2) is 33.2 Å². The lowest BCUT2D eigenvalue weighted by Crippen LogP contribution is -2.37. The summed E-state index contributed by atoms with van der Waals surface area (Å²) in [6.07, 6.45) is 0. The van der Waals surface area contributed by atoms with Crippen LogP contribution in [-0.4, -0.2) is 57.4 Å². The van der Waals surface area contributed by atoms with Crippen LogP contribution in [0.1, 0.15) is 43.8 Å². The molecule has 1 saturated heterocycles. The van der Waals surface area contributed by atoms with E-state index in [2.05, 4.69) is 20.8 Å². The molecule has 0 N–H and O–H groups in total. The molecule has 1 aliphatic rings. The molecule has 1 aliphatic heterocycles. The number of ether oxygens (including phenoxy) is 3. The molecule has 1 atom stereocenters. The molecule has 3 rings (SSSR count). The minimum atomic E-state index is -1.27. The minimum Gasteiger partial charge on any atom is -0.468 e. The molecule has 1 unspecified atom stereocenters. The summed E-state index contributed by atoms with van der Waals surface area (Å²) in [5, 5.41) is 0. The molecule has 9 heteroatoms. The smallest absolute Gasteiger partial charge is 0.321 e. The van der Waals surface area contributed by atoms with E-state index < -0.39 is 23.8 Å². The van der Waals surface area contributed by atoms with Gasteiger partial charge in [-0.1, -0.05) is 48.8 Å². The Morgan fingerprint density at radius 1 is 1.12 bits per heavy atom. The second-order valence-electron chi connectivity index (χ2n) is 8.61. The Morgan fingerprint density at radius 3 is 2.28 bits per heavy atom. The number of aromatic nitrogens is 1. The van der Waals surface area contributed by atoms with Crippen molar-refractivity contribution in [2.45, 2.75) is 32.1 Å². The van der Waals surface area contributed by atoms with Crippen LogP contribution in [0.2, 0.25) is 0 Å². The van der Waals surface area contributed by atoms with Crippen molar-refractivity contribution in [3.63, 3.8) is 0 Å². The summed E-state index contributed by atoms with van der Waals surface area (Å²) in [7, 11) is 2.48. The fraction of sp³-hybridized carbons (Fsp3) is 0.522. The molecule has 32 heavy (non-hydrogen) atoms.